The Morgan fingerprint density at radius 1 is 1.14 bits per heavy atom. The summed E-state index contributed by atoms with van der Waals surface area (Å²) in [6.07, 6.45) is 0. The second-order valence-corrected chi connectivity index (χ2v) is 5.44. The summed E-state index contributed by atoms with van der Waals surface area (Å²) in [6.45, 7) is 1.84. The van der Waals surface area contributed by atoms with E-state index in [1.165, 1.54) is 36.0 Å². The molecule has 0 spiro atoms. The van der Waals surface area contributed by atoms with Crippen molar-refractivity contribution in [2.75, 3.05) is 6.61 Å². The number of carboxylic acids is 1. The number of carbonyl (C=O) groups is 2. The van der Waals surface area contributed by atoms with Crippen LogP contribution in [0.15, 0.2) is 52.3 Å². The van der Waals surface area contributed by atoms with Gasteiger partial charge < -0.3 is 9.84 Å². The number of benzene rings is 2. The van der Waals surface area contributed by atoms with Crippen LogP contribution in [-0.2, 0) is 4.74 Å². The fourth-order valence-electron chi connectivity index (χ4n) is 1.74. The van der Waals surface area contributed by atoms with Gasteiger partial charge in [0.05, 0.1) is 17.7 Å². The van der Waals surface area contributed by atoms with Gasteiger partial charge in [-0.05, 0) is 49.4 Å². The van der Waals surface area contributed by atoms with E-state index in [0.29, 0.717) is 4.90 Å². The molecule has 0 saturated heterocycles. The summed E-state index contributed by atoms with van der Waals surface area (Å²) in [7, 11) is 0. The van der Waals surface area contributed by atoms with Crippen molar-refractivity contribution in [3.63, 3.8) is 0 Å². The molecule has 0 aliphatic heterocycles. The quantitative estimate of drug-likeness (QED) is 0.848. The highest BCUT2D eigenvalue weighted by molar-refractivity contribution is 7.99. The molecule has 0 aliphatic rings. The molecule has 0 aromatic heterocycles. The number of hydrogen-bond donors (Lipinski definition) is 1. The van der Waals surface area contributed by atoms with Crippen LogP contribution in [0.1, 0.15) is 27.6 Å². The van der Waals surface area contributed by atoms with Crippen LogP contribution in [0.25, 0.3) is 0 Å². The average Bonchev–Trinajstić information content (AvgIpc) is 2.48. The van der Waals surface area contributed by atoms with Gasteiger partial charge in [-0.25, -0.2) is 14.0 Å². The Morgan fingerprint density at radius 3 is 2.32 bits per heavy atom. The van der Waals surface area contributed by atoms with E-state index in [1.54, 1.807) is 25.1 Å². The van der Waals surface area contributed by atoms with Gasteiger partial charge in [0.1, 0.15) is 5.82 Å². The third kappa shape index (κ3) is 3.85. The number of carbonyl (C=O) groups excluding carboxylic acids is 1. The molecule has 0 saturated carbocycles. The maximum atomic E-state index is 13.9. The molecule has 1 N–H and O–H groups in total. The first-order valence-electron chi connectivity index (χ1n) is 6.49. The van der Waals surface area contributed by atoms with Crippen LogP contribution in [0.2, 0.25) is 0 Å². The molecule has 2 rings (SSSR count). The Hall–Kier alpha value is -2.34. The molecule has 0 bridgehead atoms. The van der Waals surface area contributed by atoms with Gasteiger partial charge in [-0.1, -0.05) is 11.8 Å². The molecule has 0 aliphatic carbocycles. The summed E-state index contributed by atoms with van der Waals surface area (Å²) in [5, 5.41) is 8.83. The molecule has 0 radical (unpaired) electrons. The van der Waals surface area contributed by atoms with Crippen LogP contribution in [0, 0.1) is 5.82 Å². The molecule has 0 atom stereocenters. The zero-order valence-electron chi connectivity index (χ0n) is 11.7. The van der Waals surface area contributed by atoms with Crippen molar-refractivity contribution >= 4 is 23.7 Å². The van der Waals surface area contributed by atoms with Gasteiger partial charge in [0.15, 0.2) is 0 Å². The zero-order chi connectivity index (χ0) is 16.1. The summed E-state index contributed by atoms with van der Waals surface area (Å²) >= 11 is 1.27. The van der Waals surface area contributed by atoms with Crippen LogP contribution in [0.4, 0.5) is 4.39 Å². The van der Waals surface area contributed by atoms with Gasteiger partial charge in [-0.2, -0.15) is 0 Å². The van der Waals surface area contributed by atoms with Crippen LogP contribution < -0.4 is 0 Å². The minimum Gasteiger partial charge on any atom is -0.478 e. The Balaban J connectivity index is 2.15. The maximum Gasteiger partial charge on any atom is 0.341 e. The fraction of sp³-hybridized carbons (Fsp3) is 0.125. The second-order valence-electron chi connectivity index (χ2n) is 4.29. The first-order valence-corrected chi connectivity index (χ1v) is 7.30. The number of ether oxygens (including phenoxy) is 1. The predicted molar refractivity (Wildman–Crippen MR) is 79.9 cm³/mol. The first-order chi connectivity index (χ1) is 10.5. The largest absolute Gasteiger partial charge is 0.478 e. The summed E-state index contributed by atoms with van der Waals surface area (Å²) < 4.78 is 18.7. The molecular weight excluding hydrogens is 307 g/mol. The predicted octanol–water partition coefficient (Wildman–Crippen LogP) is 3.85. The van der Waals surface area contributed by atoms with Crippen LogP contribution >= 0.6 is 11.8 Å². The summed E-state index contributed by atoms with van der Waals surface area (Å²) in [5.74, 6) is -2.34. The molecule has 114 valence electrons. The van der Waals surface area contributed by atoms with Crippen molar-refractivity contribution in [1.29, 1.82) is 0 Å². The Kier molecular flexibility index (Phi) is 5.16. The number of hydrogen-bond acceptors (Lipinski definition) is 4. The van der Waals surface area contributed by atoms with Crippen LogP contribution in [-0.4, -0.2) is 23.7 Å². The molecule has 22 heavy (non-hydrogen) atoms. The SMILES string of the molecule is CCOC(=O)c1ccc(Sc2ccc(C(=O)O)cc2)cc1F. The lowest BCUT2D eigenvalue weighted by Gasteiger charge is -2.06. The molecule has 4 nitrogen and oxygen atoms in total. The smallest absolute Gasteiger partial charge is 0.341 e. The van der Waals surface area contributed by atoms with Gasteiger partial charge in [0, 0.05) is 9.79 Å². The van der Waals surface area contributed by atoms with Crippen LogP contribution in [0.3, 0.4) is 0 Å². The van der Waals surface area contributed by atoms with Gasteiger partial charge in [0.25, 0.3) is 0 Å². The third-order valence-electron chi connectivity index (χ3n) is 2.77. The number of rotatable bonds is 5. The molecule has 2 aromatic carbocycles. The topological polar surface area (TPSA) is 63.6 Å². The Labute approximate surface area is 130 Å². The van der Waals surface area contributed by atoms with Crippen molar-refractivity contribution in [3.05, 3.63) is 59.4 Å². The lowest BCUT2D eigenvalue weighted by Crippen LogP contribution is -2.07. The number of esters is 1. The van der Waals surface area contributed by atoms with Crippen LogP contribution in [0.5, 0.6) is 0 Å². The molecular formula is C16H13FO4S. The van der Waals surface area contributed by atoms with Gasteiger partial charge in [-0.15, -0.1) is 0 Å². The zero-order valence-corrected chi connectivity index (χ0v) is 12.5. The maximum absolute atomic E-state index is 13.9. The highest BCUT2D eigenvalue weighted by Gasteiger charge is 2.13. The normalized spacial score (nSPS) is 10.3. The minimum atomic E-state index is -0.999. The standard InChI is InChI=1S/C16H13FO4S/c1-2-21-16(20)13-8-7-12(9-14(13)17)22-11-5-3-10(4-6-11)15(18)19/h3-9H,2H2,1H3,(H,18,19). The first kappa shape index (κ1) is 16.0. The number of carboxylic acid groups (broad SMARTS) is 1. The monoisotopic (exact) mass is 320 g/mol. The molecule has 6 heteroatoms. The van der Waals surface area contributed by atoms with E-state index in [0.717, 1.165) is 4.90 Å². The number of halogens is 1. The third-order valence-corrected chi connectivity index (χ3v) is 3.77. The molecule has 0 fully saturated rings. The van der Waals surface area contributed by atoms with Crippen molar-refractivity contribution in [1.82, 2.24) is 0 Å². The Bertz CT molecular complexity index is 698. The van der Waals surface area contributed by atoms with E-state index in [1.807, 2.05) is 0 Å². The van der Waals surface area contributed by atoms with Crippen molar-refractivity contribution < 1.29 is 23.8 Å². The van der Waals surface area contributed by atoms with Gasteiger partial charge in [-0.3, -0.25) is 0 Å². The highest BCUT2D eigenvalue weighted by Crippen LogP contribution is 2.29. The van der Waals surface area contributed by atoms with Crippen molar-refractivity contribution in [3.8, 4) is 0 Å². The summed E-state index contributed by atoms with van der Waals surface area (Å²) in [5.41, 5.74) is 0.0839. The van der Waals surface area contributed by atoms with E-state index < -0.39 is 17.8 Å². The average molecular weight is 320 g/mol. The molecule has 0 heterocycles. The summed E-state index contributed by atoms with van der Waals surface area (Å²) in [6, 6.07) is 10.5. The highest BCUT2D eigenvalue weighted by atomic mass is 32.2. The molecule has 0 amide bonds. The fourth-order valence-corrected chi connectivity index (χ4v) is 2.58. The summed E-state index contributed by atoms with van der Waals surface area (Å²) in [4.78, 5) is 23.7. The minimum absolute atomic E-state index is 0.104. The lowest BCUT2D eigenvalue weighted by atomic mass is 10.2. The Morgan fingerprint density at radius 2 is 1.77 bits per heavy atom. The molecule has 0 unspecified atom stereocenters. The van der Waals surface area contributed by atoms with E-state index >= 15 is 0 Å². The van der Waals surface area contributed by atoms with E-state index in [4.69, 9.17) is 9.84 Å². The van der Waals surface area contributed by atoms with E-state index in [9.17, 15) is 14.0 Å². The van der Waals surface area contributed by atoms with Crippen molar-refractivity contribution in [2.45, 2.75) is 16.7 Å². The van der Waals surface area contributed by atoms with Gasteiger partial charge in [0.2, 0.25) is 0 Å². The van der Waals surface area contributed by atoms with E-state index in [2.05, 4.69) is 0 Å². The second kappa shape index (κ2) is 7.09. The molecule has 2 aromatic rings. The van der Waals surface area contributed by atoms with E-state index in [-0.39, 0.29) is 17.7 Å². The number of aromatic carboxylic acids is 1. The van der Waals surface area contributed by atoms with Gasteiger partial charge >= 0.3 is 11.9 Å². The lowest BCUT2D eigenvalue weighted by molar-refractivity contribution is 0.0520. The van der Waals surface area contributed by atoms with Crippen molar-refractivity contribution in [2.24, 2.45) is 0 Å².